The van der Waals surface area contributed by atoms with Crippen LogP contribution in [0.1, 0.15) is 19.7 Å². The zero-order valence-electron chi connectivity index (χ0n) is 8.90. The molecule has 86 valence electrons. The molecule has 1 rings (SSSR count). The molecule has 15 heavy (non-hydrogen) atoms. The molecule has 0 amide bonds. The highest BCUT2D eigenvalue weighted by atomic mass is 32.2. The minimum atomic E-state index is -3.15. The van der Waals surface area contributed by atoms with Crippen molar-refractivity contribution in [1.29, 1.82) is 0 Å². The van der Waals surface area contributed by atoms with E-state index in [2.05, 4.69) is 19.9 Å². The summed E-state index contributed by atoms with van der Waals surface area (Å²) in [5, 5.41) is 6.34. The highest BCUT2D eigenvalue weighted by molar-refractivity contribution is 7.89. The van der Waals surface area contributed by atoms with Gasteiger partial charge in [0.05, 0.1) is 5.75 Å². The average Bonchev–Trinajstić information content (AvgIpc) is 2.53. The molecule has 0 atom stereocenters. The molecule has 0 saturated carbocycles. The highest BCUT2D eigenvalue weighted by Crippen LogP contribution is 1.97. The van der Waals surface area contributed by atoms with Gasteiger partial charge in [0.25, 0.3) is 0 Å². The van der Waals surface area contributed by atoms with Gasteiger partial charge < -0.3 is 0 Å². The van der Waals surface area contributed by atoms with E-state index in [0.717, 1.165) is 0 Å². The molecule has 0 bridgehead atoms. The first kappa shape index (κ1) is 12.1. The first-order valence-corrected chi connectivity index (χ1v) is 6.46. The summed E-state index contributed by atoms with van der Waals surface area (Å²) in [5.41, 5.74) is 0. The number of sulfonamides is 1. The quantitative estimate of drug-likeness (QED) is 0.718. The lowest BCUT2D eigenvalue weighted by Gasteiger charge is -2.07. The van der Waals surface area contributed by atoms with Gasteiger partial charge in [0.15, 0.2) is 0 Å². The number of aromatic amines is 1. The van der Waals surface area contributed by atoms with Gasteiger partial charge in [0.2, 0.25) is 10.0 Å². The third-order valence-electron chi connectivity index (χ3n) is 1.70. The average molecular weight is 232 g/mol. The standard InChI is InChI=1S/C8H16N4O2S/c1-7(2)5-15(13,14)11-4-3-8-9-6-10-12-8/h6-7,11H,3-5H2,1-2H3,(H,9,10,12). The van der Waals surface area contributed by atoms with Crippen molar-refractivity contribution in [3.05, 3.63) is 12.2 Å². The van der Waals surface area contributed by atoms with Gasteiger partial charge >= 0.3 is 0 Å². The Hall–Kier alpha value is -0.950. The second kappa shape index (κ2) is 5.22. The van der Waals surface area contributed by atoms with Crippen molar-refractivity contribution in [2.24, 2.45) is 5.92 Å². The molecule has 1 aromatic heterocycles. The largest absolute Gasteiger partial charge is 0.263 e. The molecule has 0 spiro atoms. The van der Waals surface area contributed by atoms with Crippen LogP contribution in [0.15, 0.2) is 6.33 Å². The molecule has 0 aliphatic rings. The van der Waals surface area contributed by atoms with Crippen molar-refractivity contribution in [3.63, 3.8) is 0 Å². The molecular formula is C8H16N4O2S. The molecule has 1 aromatic rings. The predicted octanol–water partition coefficient (Wildman–Crippen LogP) is -0.0774. The van der Waals surface area contributed by atoms with E-state index in [1.807, 2.05) is 13.8 Å². The number of aromatic nitrogens is 3. The summed E-state index contributed by atoms with van der Waals surface area (Å²) in [6, 6.07) is 0. The lowest BCUT2D eigenvalue weighted by atomic mass is 10.3. The van der Waals surface area contributed by atoms with Crippen molar-refractivity contribution < 1.29 is 8.42 Å². The van der Waals surface area contributed by atoms with Crippen molar-refractivity contribution in [2.75, 3.05) is 12.3 Å². The molecule has 0 radical (unpaired) electrons. The van der Waals surface area contributed by atoms with E-state index in [1.165, 1.54) is 6.33 Å². The van der Waals surface area contributed by atoms with Crippen LogP contribution in [0.4, 0.5) is 0 Å². The maximum Gasteiger partial charge on any atom is 0.211 e. The summed E-state index contributed by atoms with van der Waals surface area (Å²) >= 11 is 0. The van der Waals surface area contributed by atoms with E-state index >= 15 is 0 Å². The monoisotopic (exact) mass is 232 g/mol. The Labute approximate surface area is 89.5 Å². The van der Waals surface area contributed by atoms with Crippen LogP contribution >= 0.6 is 0 Å². The Kier molecular flexibility index (Phi) is 4.22. The van der Waals surface area contributed by atoms with Gasteiger partial charge in [-0.25, -0.2) is 18.1 Å². The number of H-pyrrole nitrogens is 1. The van der Waals surface area contributed by atoms with Crippen molar-refractivity contribution in [1.82, 2.24) is 19.9 Å². The van der Waals surface area contributed by atoms with Crippen LogP contribution < -0.4 is 4.72 Å². The summed E-state index contributed by atoms with van der Waals surface area (Å²) < 4.78 is 25.3. The second-order valence-electron chi connectivity index (χ2n) is 3.75. The molecule has 0 aliphatic carbocycles. The summed E-state index contributed by atoms with van der Waals surface area (Å²) in [6.07, 6.45) is 1.93. The van der Waals surface area contributed by atoms with Crippen molar-refractivity contribution in [2.45, 2.75) is 20.3 Å². The van der Waals surface area contributed by atoms with Gasteiger partial charge in [0, 0.05) is 13.0 Å². The highest BCUT2D eigenvalue weighted by Gasteiger charge is 2.11. The second-order valence-corrected chi connectivity index (χ2v) is 5.60. The Morgan fingerprint density at radius 3 is 2.80 bits per heavy atom. The Morgan fingerprint density at radius 1 is 1.53 bits per heavy atom. The zero-order chi connectivity index (χ0) is 11.3. The topological polar surface area (TPSA) is 87.7 Å². The lowest BCUT2D eigenvalue weighted by Crippen LogP contribution is -2.30. The van der Waals surface area contributed by atoms with Gasteiger partial charge in [-0.3, -0.25) is 5.10 Å². The first-order chi connectivity index (χ1) is 6.99. The fourth-order valence-electron chi connectivity index (χ4n) is 1.17. The van der Waals surface area contributed by atoms with E-state index in [0.29, 0.717) is 18.8 Å². The number of hydrogen-bond acceptors (Lipinski definition) is 4. The Balaban J connectivity index is 2.31. The van der Waals surface area contributed by atoms with Gasteiger partial charge in [-0.1, -0.05) is 13.8 Å². The maximum absolute atomic E-state index is 11.4. The van der Waals surface area contributed by atoms with Crippen molar-refractivity contribution in [3.8, 4) is 0 Å². The van der Waals surface area contributed by atoms with Gasteiger partial charge in [-0.15, -0.1) is 0 Å². The fourth-order valence-corrected chi connectivity index (χ4v) is 2.58. The maximum atomic E-state index is 11.4. The van der Waals surface area contributed by atoms with Crippen molar-refractivity contribution >= 4 is 10.0 Å². The molecule has 7 heteroatoms. The lowest BCUT2D eigenvalue weighted by molar-refractivity contribution is 0.567. The molecule has 6 nitrogen and oxygen atoms in total. The smallest absolute Gasteiger partial charge is 0.211 e. The van der Waals surface area contributed by atoms with E-state index in [4.69, 9.17) is 0 Å². The fraction of sp³-hybridized carbons (Fsp3) is 0.750. The molecule has 2 N–H and O–H groups in total. The van der Waals surface area contributed by atoms with Crippen LogP contribution in [0.3, 0.4) is 0 Å². The Bertz CT molecular complexity index is 371. The molecular weight excluding hydrogens is 216 g/mol. The molecule has 1 heterocycles. The zero-order valence-corrected chi connectivity index (χ0v) is 9.71. The van der Waals surface area contributed by atoms with Crippen LogP contribution in [0.25, 0.3) is 0 Å². The molecule has 0 aromatic carbocycles. The van der Waals surface area contributed by atoms with E-state index < -0.39 is 10.0 Å². The van der Waals surface area contributed by atoms with Crippen LogP contribution in [0.2, 0.25) is 0 Å². The molecule has 0 unspecified atom stereocenters. The minimum Gasteiger partial charge on any atom is -0.263 e. The SMILES string of the molecule is CC(C)CS(=O)(=O)NCCc1ncn[nH]1. The predicted molar refractivity (Wildman–Crippen MR) is 56.7 cm³/mol. The summed E-state index contributed by atoms with van der Waals surface area (Å²) in [6.45, 7) is 4.09. The van der Waals surface area contributed by atoms with Crippen LogP contribution in [0, 0.1) is 5.92 Å². The van der Waals surface area contributed by atoms with Gasteiger partial charge in [-0.2, -0.15) is 5.10 Å². The van der Waals surface area contributed by atoms with E-state index in [9.17, 15) is 8.42 Å². The molecule has 0 aliphatic heterocycles. The van der Waals surface area contributed by atoms with Gasteiger partial charge in [0.1, 0.15) is 12.2 Å². The molecule has 0 saturated heterocycles. The minimum absolute atomic E-state index is 0.132. The molecule has 0 fully saturated rings. The number of nitrogens with zero attached hydrogens (tertiary/aromatic N) is 2. The number of hydrogen-bond donors (Lipinski definition) is 2. The van der Waals surface area contributed by atoms with E-state index in [1.54, 1.807) is 0 Å². The van der Waals surface area contributed by atoms with E-state index in [-0.39, 0.29) is 11.7 Å². The summed E-state index contributed by atoms with van der Waals surface area (Å²) in [7, 11) is -3.15. The summed E-state index contributed by atoms with van der Waals surface area (Å²) in [5.74, 6) is 0.971. The van der Waals surface area contributed by atoms with Crippen LogP contribution in [-0.4, -0.2) is 35.9 Å². The third kappa shape index (κ3) is 4.89. The third-order valence-corrected chi connectivity index (χ3v) is 3.45. The summed E-state index contributed by atoms with van der Waals surface area (Å²) in [4.78, 5) is 3.90. The van der Waals surface area contributed by atoms with Gasteiger partial charge in [-0.05, 0) is 5.92 Å². The van der Waals surface area contributed by atoms with Crippen LogP contribution in [-0.2, 0) is 16.4 Å². The Morgan fingerprint density at radius 2 is 2.27 bits per heavy atom. The van der Waals surface area contributed by atoms with Crippen LogP contribution in [0.5, 0.6) is 0 Å². The normalized spacial score (nSPS) is 12.2. The number of nitrogens with one attached hydrogen (secondary N) is 2. The number of rotatable bonds is 6. The first-order valence-electron chi connectivity index (χ1n) is 4.81.